The smallest absolute Gasteiger partial charge is 0.224 e. The number of morpholine rings is 1. The average Bonchev–Trinajstić information content (AvgIpc) is 2.67. The van der Waals surface area contributed by atoms with E-state index < -0.39 is 0 Å². The first-order valence-electron chi connectivity index (χ1n) is 8.81. The van der Waals surface area contributed by atoms with E-state index in [1.165, 1.54) is 0 Å². The highest BCUT2D eigenvalue weighted by Gasteiger charge is 2.16. The van der Waals surface area contributed by atoms with Crippen molar-refractivity contribution in [1.82, 2.24) is 0 Å². The van der Waals surface area contributed by atoms with Gasteiger partial charge in [-0.3, -0.25) is 4.79 Å². The van der Waals surface area contributed by atoms with E-state index in [0.29, 0.717) is 31.1 Å². The third-order valence-corrected chi connectivity index (χ3v) is 5.30. The Kier molecular flexibility index (Phi) is 6.99. The normalized spacial score (nSPS) is 14.1. The number of ether oxygens (including phenoxy) is 2. The number of benzene rings is 2. The molecule has 1 N–H and O–H groups in total. The van der Waals surface area contributed by atoms with Gasteiger partial charge in [-0.15, -0.1) is 0 Å². The molecule has 1 fully saturated rings. The van der Waals surface area contributed by atoms with E-state index in [1.54, 1.807) is 13.2 Å². The molecule has 1 aliphatic heterocycles. The molecule has 0 aliphatic carbocycles. The van der Waals surface area contributed by atoms with Crippen molar-refractivity contribution >= 4 is 44.8 Å². The first kappa shape index (κ1) is 20.0. The molecule has 144 valence electrons. The summed E-state index contributed by atoms with van der Waals surface area (Å²) < 4.78 is 11.5. The highest BCUT2D eigenvalue weighted by atomic mass is 79.9. The quantitative estimate of drug-likeness (QED) is 0.699. The number of carbonyl (C=O) groups excluding carboxylic acids is 1. The first-order chi connectivity index (χ1) is 13.1. The van der Waals surface area contributed by atoms with Crippen LogP contribution in [0.1, 0.15) is 12.0 Å². The summed E-state index contributed by atoms with van der Waals surface area (Å²) in [6.45, 7) is 2.96. The van der Waals surface area contributed by atoms with E-state index in [-0.39, 0.29) is 5.91 Å². The van der Waals surface area contributed by atoms with Gasteiger partial charge in [0.15, 0.2) is 0 Å². The Morgan fingerprint density at radius 2 is 2.04 bits per heavy atom. The SMILES string of the molecule is COc1ccc(CCC(=O)Nc2cc(Cl)ccc2N2CCOCC2)cc1Br. The van der Waals surface area contributed by atoms with Crippen molar-refractivity contribution in [2.45, 2.75) is 12.8 Å². The molecular weight excluding hydrogens is 432 g/mol. The van der Waals surface area contributed by atoms with Crippen molar-refractivity contribution in [3.63, 3.8) is 0 Å². The maximum atomic E-state index is 12.5. The van der Waals surface area contributed by atoms with Crippen LogP contribution < -0.4 is 15.0 Å². The molecule has 1 amide bonds. The van der Waals surface area contributed by atoms with Crippen molar-refractivity contribution < 1.29 is 14.3 Å². The summed E-state index contributed by atoms with van der Waals surface area (Å²) in [5.41, 5.74) is 2.78. The van der Waals surface area contributed by atoms with Crippen LogP contribution in [0.5, 0.6) is 5.75 Å². The molecule has 0 unspecified atom stereocenters. The van der Waals surface area contributed by atoms with Gasteiger partial charge in [0.05, 0.1) is 36.2 Å². The van der Waals surface area contributed by atoms with Gasteiger partial charge in [-0.1, -0.05) is 17.7 Å². The fraction of sp³-hybridized carbons (Fsp3) is 0.350. The van der Waals surface area contributed by atoms with E-state index in [2.05, 4.69) is 26.1 Å². The number of amides is 1. The highest BCUT2D eigenvalue weighted by molar-refractivity contribution is 9.10. The summed E-state index contributed by atoms with van der Waals surface area (Å²) in [6.07, 6.45) is 1.02. The van der Waals surface area contributed by atoms with E-state index >= 15 is 0 Å². The number of nitrogens with zero attached hydrogens (tertiary/aromatic N) is 1. The second-order valence-corrected chi connectivity index (χ2v) is 7.57. The third kappa shape index (κ3) is 5.37. The molecule has 2 aromatic carbocycles. The molecule has 0 atom stereocenters. The summed E-state index contributed by atoms with van der Waals surface area (Å²) in [5, 5.41) is 3.61. The van der Waals surface area contributed by atoms with Gasteiger partial charge in [0.1, 0.15) is 5.75 Å². The van der Waals surface area contributed by atoms with Crippen molar-refractivity contribution in [2.24, 2.45) is 0 Å². The number of aryl methyl sites for hydroxylation is 1. The number of carbonyl (C=O) groups is 1. The van der Waals surface area contributed by atoms with Crippen LogP contribution in [0.3, 0.4) is 0 Å². The number of halogens is 2. The second kappa shape index (κ2) is 9.44. The predicted molar refractivity (Wildman–Crippen MR) is 112 cm³/mol. The molecule has 7 heteroatoms. The van der Waals surface area contributed by atoms with Gasteiger partial charge in [-0.25, -0.2) is 0 Å². The number of rotatable bonds is 6. The summed E-state index contributed by atoms with van der Waals surface area (Å²) in [6, 6.07) is 11.4. The minimum Gasteiger partial charge on any atom is -0.496 e. The Balaban J connectivity index is 1.65. The van der Waals surface area contributed by atoms with E-state index in [0.717, 1.165) is 40.2 Å². The van der Waals surface area contributed by atoms with Crippen molar-refractivity contribution in [2.75, 3.05) is 43.6 Å². The van der Waals surface area contributed by atoms with Crippen LogP contribution in [0.25, 0.3) is 0 Å². The van der Waals surface area contributed by atoms with Crippen LogP contribution in [0.2, 0.25) is 5.02 Å². The molecule has 27 heavy (non-hydrogen) atoms. The lowest BCUT2D eigenvalue weighted by molar-refractivity contribution is -0.116. The summed E-state index contributed by atoms with van der Waals surface area (Å²) >= 11 is 9.62. The molecule has 0 aromatic heterocycles. The maximum absolute atomic E-state index is 12.5. The average molecular weight is 454 g/mol. The van der Waals surface area contributed by atoms with Crippen molar-refractivity contribution in [1.29, 1.82) is 0 Å². The minimum absolute atomic E-state index is 0.0429. The second-order valence-electron chi connectivity index (χ2n) is 6.28. The minimum atomic E-state index is -0.0429. The number of methoxy groups -OCH3 is 1. The highest BCUT2D eigenvalue weighted by Crippen LogP contribution is 2.30. The molecule has 0 saturated carbocycles. The van der Waals surface area contributed by atoms with Crippen LogP contribution in [-0.4, -0.2) is 39.3 Å². The zero-order valence-corrected chi connectivity index (χ0v) is 17.5. The van der Waals surface area contributed by atoms with Crippen molar-refractivity contribution in [3.05, 3.63) is 51.5 Å². The van der Waals surface area contributed by atoms with Gasteiger partial charge in [0, 0.05) is 24.5 Å². The van der Waals surface area contributed by atoms with E-state index in [9.17, 15) is 4.79 Å². The fourth-order valence-electron chi connectivity index (χ4n) is 3.02. The lowest BCUT2D eigenvalue weighted by Gasteiger charge is -2.30. The molecule has 5 nitrogen and oxygen atoms in total. The molecule has 2 aromatic rings. The molecule has 1 saturated heterocycles. The van der Waals surface area contributed by atoms with Crippen LogP contribution in [0, 0.1) is 0 Å². The Morgan fingerprint density at radius 1 is 1.26 bits per heavy atom. The lowest BCUT2D eigenvalue weighted by atomic mass is 10.1. The Hall–Kier alpha value is -1.76. The van der Waals surface area contributed by atoms with Crippen LogP contribution in [0.4, 0.5) is 11.4 Å². The van der Waals surface area contributed by atoms with E-state index in [4.69, 9.17) is 21.1 Å². The lowest BCUT2D eigenvalue weighted by Crippen LogP contribution is -2.36. The number of anilines is 2. The third-order valence-electron chi connectivity index (χ3n) is 4.44. The van der Waals surface area contributed by atoms with Crippen molar-refractivity contribution in [3.8, 4) is 5.75 Å². The van der Waals surface area contributed by atoms with Gasteiger partial charge in [-0.05, 0) is 58.2 Å². The molecule has 1 aliphatic rings. The number of hydrogen-bond acceptors (Lipinski definition) is 4. The molecular formula is C20H22BrClN2O3. The summed E-state index contributed by atoms with van der Waals surface area (Å²) in [7, 11) is 1.63. The predicted octanol–water partition coefficient (Wildman–Crippen LogP) is 4.52. The van der Waals surface area contributed by atoms with Gasteiger partial charge >= 0.3 is 0 Å². The number of hydrogen-bond donors (Lipinski definition) is 1. The summed E-state index contributed by atoms with van der Waals surface area (Å²) in [4.78, 5) is 14.7. The summed E-state index contributed by atoms with van der Waals surface area (Å²) in [5.74, 6) is 0.732. The maximum Gasteiger partial charge on any atom is 0.224 e. The standard InChI is InChI=1S/C20H22BrClN2O3/c1-26-19-6-2-14(12-16(19)21)3-7-20(25)23-17-13-15(22)4-5-18(17)24-8-10-27-11-9-24/h2,4-6,12-13H,3,7-11H2,1H3,(H,23,25). The zero-order chi connectivity index (χ0) is 19.2. The van der Waals surface area contributed by atoms with Crippen LogP contribution in [0.15, 0.2) is 40.9 Å². The Morgan fingerprint density at radius 3 is 2.74 bits per heavy atom. The van der Waals surface area contributed by atoms with Gasteiger partial charge in [-0.2, -0.15) is 0 Å². The van der Waals surface area contributed by atoms with Crippen LogP contribution in [-0.2, 0) is 16.0 Å². The molecule has 1 heterocycles. The van der Waals surface area contributed by atoms with Gasteiger partial charge in [0.25, 0.3) is 0 Å². The van der Waals surface area contributed by atoms with Gasteiger partial charge in [0.2, 0.25) is 5.91 Å². The molecule has 0 radical (unpaired) electrons. The zero-order valence-electron chi connectivity index (χ0n) is 15.1. The molecule has 0 bridgehead atoms. The first-order valence-corrected chi connectivity index (χ1v) is 9.98. The monoisotopic (exact) mass is 452 g/mol. The van der Waals surface area contributed by atoms with Gasteiger partial charge < -0.3 is 19.7 Å². The Bertz CT molecular complexity index is 810. The topological polar surface area (TPSA) is 50.8 Å². The molecule has 0 spiro atoms. The largest absolute Gasteiger partial charge is 0.496 e. The molecule has 3 rings (SSSR count). The van der Waals surface area contributed by atoms with Crippen LogP contribution >= 0.6 is 27.5 Å². The van der Waals surface area contributed by atoms with E-state index in [1.807, 2.05) is 30.3 Å². The Labute approximate surface area is 172 Å². The fourth-order valence-corrected chi connectivity index (χ4v) is 3.78. The number of nitrogens with one attached hydrogen (secondary N) is 1.